The lowest BCUT2D eigenvalue weighted by Crippen LogP contribution is -2.59. The number of allylic oxidation sites excluding steroid dienone is 1. The van der Waals surface area contributed by atoms with Crippen molar-refractivity contribution in [3.05, 3.63) is 11.6 Å². The van der Waals surface area contributed by atoms with Gasteiger partial charge in [0.15, 0.2) is 5.78 Å². The minimum absolute atomic E-state index is 0.0962. The highest BCUT2D eigenvalue weighted by atomic mass is 17.2. The van der Waals surface area contributed by atoms with Gasteiger partial charge in [-0.25, -0.2) is 4.89 Å². The van der Waals surface area contributed by atoms with Crippen molar-refractivity contribution >= 4 is 5.78 Å². The molecule has 2 fully saturated rings. The van der Waals surface area contributed by atoms with Crippen LogP contribution in [0.1, 0.15) is 40.5 Å². The van der Waals surface area contributed by atoms with Crippen LogP contribution < -0.4 is 0 Å². The zero-order chi connectivity index (χ0) is 14.0. The molecule has 2 aliphatic carbocycles. The molecule has 106 valence electrons. The van der Waals surface area contributed by atoms with Crippen LogP contribution in [0.25, 0.3) is 0 Å². The smallest absolute Gasteiger partial charge is 0.205 e. The Morgan fingerprint density at radius 2 is 2.11 bits per heavy atom. The van der Waals surface area contributed by atoms with Crippen LogP contribution in [0.3, 0.4) is 0 Å². The molecule has 0 aromatic rings. The second-order valence-corrected chi connectivity index (χ2v) is 6.83. The highest BCUT2D eigenvalue weighted by Gasteiger charge is 2.69. The summed E-state index contributed by atoms with van der Waals surface area (Å²) in [6.45, 7) is 8.04. The summed E-state index contributed by atoms with van der Waals surface area (Å²) in [5.74, 6) is -0.633. The number of ketones is 1. The van der Waals surface area contributed by atoms with Crippen LogP contribution in [0.15, 0.2) is 11.6 Å². The van der Waals surface area contributed by atoms with Gasteiger partial charge in [0.2, 0.25) is 5.79 Å². The molecule has 3 aliphatic rings. The normalized spacial score (nSPS) is 49.3. The van der Waals surface area contributed by atoms with Crippen molar-refractivity contribution < 1.29 is 19.7 Å². The first-order chi connectivity index (χ1) is 8.80. The molecule has 0 aromatic heterocycles. The van der Waals surface area contributed by atoms with Gasteiger partial charge >= 0.3 is 0 Å². The van der Waals surface area contributed by atoms with Crippen molar-refractivity contribution in [2.75, 3.05) is 0 Å². The number of Topliss-reactive ketones (excluding diaryl/α,β-unsaturated/α-hetero) is 1. The lowest BCUT2D eigenvalue weighted by atomic mass is 9.55. The van der Waals surface area contributed by atoms with Crippen molar-refractivity contribution in [1.82, 2.24) is 0 Å². The summed E-state index contributed by atoms with van der Waals surface area (Å²) in [5, 5.41) is 10.7. The fraction of sp³-hybridized carbons (Fsp3) is 0.800. The summed E-state index contributed by atoms with van der Waals surface area (Å²) < 4.78 is 0. The topological polar surface area (TPSA) is 55.8 Å². The van der Waals surface area contributed by atoms with Crippen molar-refractivity contribution in [3.63, 3.8) is 0 Å². The molecule has 0 aromatic carbocycles. The number of rotatable bonds is 1. The molecule has 4 nitrogen and oxygen atoms in total. The van der Waals surface area contributed by atoms with E-state index in [1.807, 2.05) is 13.0 Å². The Morgan fingerprint density at radius 1 is 1.42 bits per heavy atom. The summed E-state index contributed by atoms with van der Waals surface area (Å²) in [4.78, 5) is 23.0. The zero-order valence-electron chi connectivity index (χ0n) is 12.0. The number of carbonyl (C=O) groups excluding carboxylic acids is 1. The molecule has 0 radical (unpaired) electrons. The molecule has 5 unspecified atom stereocenters. The fourth-order valence-corrected chi connectivity index (χ4v) is 4.51. The SMILES string of the molecule is CC1=CC23OOC(O)(CC(C)C2CC1=O)C3C(C)C. The lowest BCUT2D eigenvalue weighted by Gasteiger charge is -2.50. The molecular formula is C15H22O4. The van der Waals surface area contributed by atoms with Crippen LogP contribution in [-0.4, -0.2) is 22.3 Å². The number of carbonyl (C=O) groups is 1. The first-order valence-corrected chi connectivity index (χ1v) is 7.12. The van der Waals surface area contributed by atoms with Gasteiger partial charge in [-0.05, 0) is 30.4 Å². The van der Waals surface area contributed by atoms with Gasteiger partial charge in [-0.2, -0.15) is 4.89 Å². The minimum atomic E-state index is -1.22. The third kappa shape index (κ3) is 1.60. The van der Waals surface area contributed by atoms with E-state index < -0.39 is 11.4 Å². The highest BCUT2D eigenvalue weighted by Crippen LogP contribution is 2.60. The predicted octanol–water partition coefficient (Wildman–Crippen LogP) is 2.22. The van der Waals surface area contributed by atoms with E-state index in [0.29, 0.717) is 12.8 Å². The molecule has 19 heavy (non-hydrogen) atoms. The maximum Gasteiger partial charge on any atom is 0.205 e. The molecule has 5 atom stereocenters. The Kier molecular flexibility index (Phi) is 2.73. The Balaban J connectivity index is 2.15. The average molecular weight is 266 g/mol. The molecule has 1 aliphatic heterocycles. The number of hydrogen-bond acceptors (Lipinski definition) is 4. The van der Waals surface area contributed by atoms with Gasteiger partial charge in [0.1, 0.15) is 5.60 Å². The number of fused-ring (bicyclic) bond motifs is 1. The third-order valence-electron chi connectivity index (χ3n) is 5.14. The first kappa shape index (κ1) is 13.3. The molecule has 4 heteroatoms. The Hall–Kier alpha value is -0.710. The zero-order valence-corrected chi connectivity index (χ0v) is 12.0. The second kappa shape index (κ2) is 3.90. The van der Waals surface area contributed by atoms with Gasteiger partial charge in [0.25, 0.3) is 0 Å². The number of aliphatic hydroxyl groups is 1. The fourth-order valence-electron chi connectivity index (χ4n) is 4.51. The van der Waals surface area contributed by atoms with E-state index in [1.165, 1.54) is 0 Å². The molecule has 1 saturated carbocycles. The first-order valence-electron chi connectivity index (χ1n) is 7.12. The Bertz CT molecular complexity index is 455. The van der Waals surface area contributed by atoms with Crippen LogP contribution in [0.5, 0.6) is 0 Å². The van der Waals surface area contributed by atoms with Gasteiger partial charge in [-0.15, -0.1) is 0 Å². The van der Waals surface area contributed by atoms with Crippen LogP contribution in [0.4, 0.5) is 0 Å². The molecule has 1 heterocycles. The van der Waals surface area contributed by atoms with E-state index in [2.05, 4.69) is 20.8 Å². The molecule has 3 rings (SSSR count). The Morgan fingerprint density at radius 3 is 2.74 bits per heavy atom. The third-order valence-corrected chi connectivity index (χ3v) is 5.14. The molecule has 1 saturated heterocycles. The van der Waals surface area contributed by atoms with E-state index in [9.17, 15) is 9.90 Å². The molecular weight excluding hydrogens is 244 g/mol. The second-order valence-electron chi connectivity index (χ2n) is 6.83. The van der Waals surface area contributed by atoms with Crippen LogP contribution in [0.2, 0.25) is 0 Å². The monoisotopic (exact) mass is 266 g/mol. The van der Waals surface area contributed by atoms with E-state index in [1.54, 1.807) is 0 Å². The molecule has 1 N–H and O–H groups in total. The predicted molar refractivity (Wildman–Crippen MR) is 68.8 cm³/mol. The van der Waals surface area contributed by atoms with Gasteiger partial charge in [0, 0.05) is 18.8 Å². The van der Waals surface area contributed by atoms with Crippen LogP contribution in [0, 0.1) is 23.7 Å². The standard InChI is InChI=1S/C15H22O4/c1-8(2)13-14-6-10(4)12(16)5-11(14)9(3)7-15(13,17)19-18-14/h6,8-9,11,13,17H,5,7H2,1-4H3. The summed E-state index contributed by atoms with van der Waals surface area (Å²) in [6.07, 6.45) is 2.93. The summed E-state index contributed by atoms with van der Waals surface area (Å²) >= 11 is 0. The van der Waals surface area contributed by atoms with Gasteiger partial charge in [0.05, 0.1) is 5.92 Å². The molecule has 1 spiro atoms. The molecule has 0 amide bonds. The number of hydrogen-bond donors (Lipinski definition) is 1. The van der Waals surface area contributed by atoms with E-state index in [4.69, 9.17) is 9.78 Å². The van der Waals surface area contributed by atoms with Crippen LogP contribution >= 0.6 is 0 Å². The van der Waals surface area contributed by atoms with Gasteiger partial charge < -0.3 is 5.11 Å². The van der Waals surface area contributed by atoms with Crippen molar-refractivity contribution in [3.8, 4) is 0 Å². The average Bonchev–Trinajstić information content (AvgIpc) is 2.51. The maximum atomic E-state index is 12.0. The lowest BCUT2D eigenvalue weighted by molar-refractivity contribution is -0.386. The maximum absolute atomic E-state index is 12.0. The molecule has 2 bridgehead atoms. The summed E-state index contributed by atoms with van der Waals surface area (Å²) in [6, 6.07) is 0. The quantitative estimate of drug-likeness (QED) is 0.739. The van der Waals surface area contributed by atoms with Crippen molar-refractivity contribution in [2.24, 2.45) is 23.7 Å². The van der Waals surface area contributed by atoms with Crippen molar-refractivity contribution in [2.45, 2.75) is 51.9 Å². The van der Waals surface area contributed by atoms with Gasteiger partial charge in [-0.3, -0.25) is 4.79 Å². The van der Waals surface area contributed by atoms with E-state index >= 15 is 0 Å². The largest absolute Gasteiger partial charge is 0.363 e. The highest BCUT2D eigenvalue weighted by molar-refractivity contribution is 5.96. The summed E-state index contributed by atoms with van der Waals surface area (Å²) in [7, 11) is 0. The van der Waals surface area contributed by atoms with E-state index in [0.717, 1.165) is 5.57 Å². The Labute approximate surface area is 113 Å². The van der Waals surface area contributed by atoms with Crippen molar-refractivity contribution in [1.29, 1.82) is 0 Å². The van der Waals surface area contributed by atoms with E-state index in [-0.39, 0.29) is 29.5 Å². The minimum Gasteiger partial charge on any atom is -0.363 e. The van der Waals surface area contributed by atoms with Gasteiger partial charge in [-0.1, -0.05) is 20.8 Å². The summed E-state index contributed by atoms with van der Waals surface area (Å²) in [5.41, 5.74) is 0.0855. The van der Waals surface area contributed by atoms with Crippen LogP contribution in [-0.2, 0) is 14.6 Å².